The molecule has 1 aromatic heterocycles. The molecule has 0 radical (unpaired) electrons. The Labute approximate surface area is 104 Å². The fraction of sp³-hybridized carbons (Fsp3) is 0.308. The van der Waals surface area contributed by atoms with E-state index in [0.717, 1.165) is 16.7 Å². The lowest BCUT2D eigenvalue weighted by Crippen LogP contribution is -2.25. The lowest BCUT2D eigenvalue weighted by Gasteiger charge is -2.10. The molecule has 18 heavy (non-hydrogen) atoms. The van der Waals surface area contributed by atoms with Crippen molar-refractivity contribution >= 4 is 16.8 Å². The Balaban J connectivity index is 2.06. The first kappa shape index (κ1) is 11.1. The molecule has 2 aromatic rings. The summed E-state index contributed by atoms with van der Waals surface area (Å²) in [5.74, 6) is 1.47. The van der Waals surface area contributed by atoms with E-state index in [1.165, 1.54) is 0 Å². The number of likely N-dealkylation sites (N-methyl/N-ethyl adjacent to an activating group) is 1. The molecule has 5 heteroatoms. The first-order chi connectivity index (χ1) is 8.65. The second-order valence-corrected chi connectivity index (χ2v) is 4.58. The maximum absolute atomic E-state index is 12.1. The van der Waals surface area contributed by atoms with Gasteiger partial charge in [0.1, 0.15) is 0 Å². The van der Waals surface area contributed by atoms with E-state index >= 15 is 0 Å². The van der Waals surface area contributed by atoms with Crippen LogP contribution in [0.15, 0.2) is 24.4 Å². The van der Waals surface area contributed by atoms with Crippen LogP contribution in [0, 0.1) is 0 Å². The maximum atomic E-state index is 12.1. The first-order valence-electron chi connectivity index (χ1n) is 5.74. The highest BCUT2D eigenvalue weighted by atomic mass is 16.7. The summed E-state index contributed by atoms with van der Waals surface area (Å²) in [7, 11) is 3.75. The summed E-state index contributed by atoms with van der Waals surface area (Å²) in [4.78, 5) is 13.9. The van der Waals surface area contributed by atoms with Gasteiger partial charge < -0.3 is 14.4 Å². The summed E-state index contributed by atoms with van der Waals surface area (Å²) in [5.41, 5.74) is 0.853. The zero-order chi connectivity index (χ0) is 12.7. The Hall–Kier alpha value is -2.01. The van der Waals surface area contributed by atoms with Crippen molar-refractivity contribution in [3.63, 3.8) is 0 Å². The van der Waals surface area contributed by atoms with Crippen LogP contribution < -0.4 is 9.47 Å². The Morgan fingerprint density at radius 2 is 2.06 bits per heavy atom. The van der Waals surface area contributed by atoms with Crippen LogP contribution in [0.5, 0.6) is 11.5 Å². The van der Waals surface area contributed by atoms with Crippen LogP contribution in [0.2, 0.25) is 0 Å². The van der Waals surface area contributed by atoms with Crippen LogP contribution in [0.1, 0.15) is 4.79 Å². The Kier molecular flexibility index (Phi) is 2.48. The molecule has 0 saturated heterocycles. The molecule has 1 aliphatic heterocycles. The number of carbonyl (C=O) groups is 1. The molecule has 0 N–H and O–H groups in total. The van der Waals surface area contributed by atoms with Gasteiger partial charge in [0.25, 0.3) is 0 Å². The van der Waals surface area contributed by atoms with Gasteiger partial charge in [-0.05, 0) is 26.2 Å². The third-order valence-electron chi connectivity index (χ3n) is 2.90. The van der Waals surface area contributed by atoms with Gasteiger partial charge in [-0.1, -0.05) is 0 Å². The van der Waals surface area contributed by atoms with Gasteiger partial charge >= 0.3 is 0 Å². The fourth-order valence-electron chi connectivity index (χ4n) is 2.09. The third kappa shape index (κ3) is 1.73. The number of rotatable bonds is 2. The normalized spacial score (nSPS) is 13.5. The van der Waals surface area contributed by atoms with Crippen LogP contribution in [0.3, 0.4) is 0 Å². The zero-order valence-electron chi connectivity index (χ0n) is 10.3. The van der Waals surface area contributed by atoms with E-state index in [-0.39, 0.29) is 12.7 Å². The highest BCUT2D eigenvalue weighted by Gasteiger charge is 2.17. The standard InChI is InChI=1S/C13H14N2O3/c1-14(2)7-13(16)15-4-3-9-5-11-12(6-10(9)15)18-8-17-11/h3-6H,7-8H2,1-2H3. The minimum Gasteiger partial charge on any atom is -0.454 e. The van der Waals surface area contributed by atoms with Crippen molar-refractivity contribution in [2.45, 2.75) is 0 Å². The molecule has 5 nitrogen and oxygen atoms in total. The molecule has 0 unspecified atom stereocenters. The molecule has 0 aliphatic carbocycles. The van der Waals surface area contributed by atoms with E-state index in [1.807, 2.05) is 37.2 Å². The number of aromatic nitrogens is 1. The molecule has 1 aliphatic rings. The van der Waals surface area contributed by atoms with Gasteiger partial charge in [-0.25, -0.2) is 0 Å². The number of hydrogen-bond acceptors (Lipinski definition) is 4. The Morgan fingerprint density at radius 3 is 2.78 bits per heavy atom. The molecule has 0 fully saturated rings. The number of hydrogen-bond donors (Lipinski definition) is 0. The molecule has 0 saturated carbocycles. The molecule has 0 amide bonds. The lowest BCUT2D eigenvalue weighted by molar-refractivity contribution is 0.0882. The number of carbonyl (C=O) groups excluding carboxylic acids is 1. The van der Waals surface area contributed by atoms with Crippen LogP contribution in [-0.4, -0.2) is 42.8 Å². The molecular formula is C13H14N2O3. The van der Waals surface area contributed by atoms with E-state index in [2.05, 4.69) is 0 Å². The fourth-order valence-corrected chi connectivity index (χ4v) is 2.09. The minimum atomic E-state index is 0.0360. The number of nitrogens with zero attached hydrogens (tertiary/aromatic N) is 2. The van der Waals surface area contributed by atoms with Gasteiger partial charge in [0.2, 0.25) is 12.7 Å². The van der Waals surface area contributed by atoms with Crippen molar-refractivity contribution in [3.05, 3.63) is 24.4 Å². The molecule has 2 heterocycles. The third-order valence-corrected chi connectivity index (χ3v) is 2.90. The monoisotopic (exact) mass is 246 g/mol. The number of fused-ring (bicyclic) bond motifs is 2. The smallest absolute Gasteiger partial charge is 0.245 e. The minimum absolute atomic E-state index is 0.0360. The van der Waals surface area contributed by atoms with Gasteiger partial charge in [0.15, 0.2) is 11.5 Å². The largest absolute Gasteiger partial charge is 0.454 e. The molecule has 0 atom stereocenters. The van der Waals surface area contributed by atoms with Crippen molar-refractivity contribution < 1.29 is 14.3 Å². The van der Waals surface area contributed by atoms with E-state index < -0.39 is 0 Å². The van der Waals surface area contributed by atoms with E-state index in [4.69, 9.17) is 9.47 Å². The SMILES string of the molecule is CN(C)CC(=O)n1ccc2cc3c(cc21)OCO3. The van der Waals surface area contributed by atoms with Crippen molar-refractivity contribution in [1.82, 2.24) is 9.47 Å². The summed E-state index contributed by atoms with van der Waals surface area (Å²) >= 11 is 0. The summed E-state index contributed by atoms with van der Waals surface area (Å²) < 4.78 is 12.3. The molecule has 1 aromatic carbocycles. The average molecular weight is 246 g/mol. The van der Waals surface area contributed by atoms with Crippen LogP contribution in [0.4, 0.5) is 0 Å². The maximum Gasteiger partial charge on any atom is 0.245 e. The summed E-state index contributed by atoms with van der Waals surface area (Å²) in [6.07, 6.45) is 1.78. The van der Waals surface area contributed by atoms with Gasteiger partial charge in [0, 0.05) is 17.6 Å². The second-order valence-electron chi connectivity index (χ2n) is 4.58. The Bertz CT molecular complexity index is 616. The second kappa shape index (κ2) is 4.03. The average Bonchev–Trinajstić information content (AvgIpc) is 2.89. The first-order valence-corrected chi connectivity index (χ1v) is 5.74. The predicted octanol–water partition coefficient (Wildman–Crippen LogP) is 1.57. The summed E-state index contributed by atoms with van der Waals surface area (Å²) in [5, 5.41) is 0.978. The van der Waals surface area contributed by atoms with Crippen LogP contribution in [0.25, 0.3) is 10.9 Å². The van der Waals surface area contributed by atoms with Crippen molar-refractivity contribution in [3.8, 4) is 11.5 Å². The van der Waals surface area contributed by atoms with E-state index in [9.17, 15) is 4.79 Å². The molecule has 0 bridgehead atoms. The number of benzene rings is 1. The quantitative estimate of drug-likeness (QED) is 0.806. The topological polar surface area (TPSA) is 43.7 Å². The van der Waals surface area contributed by atoms with Gasteiger partial charge in [-0.3, -0.25) is 9.36 Å². The van der Waals surface area contributed by atoms with Gasteiger partial charge in [-0.2, -0.15) is 0 Å². The Morgan fingerprint density at radius 1 is 1.33 bits per heavy atom. The van der Waals surface area contributed by atoms with Crippen LogP contribution >= 0.6 is 0 Å². The van der Waals surface area contributed by atoms with Crippen molar-refractivity contribution in [1.29, 1.82) is 0 Å². The summed E-state index contributed by atoms with van der Waals surface area (Å²) in [6.45, 7) is 0.617. The predicted molar refractivity (Wildman–Crippen MR) is 67.2 cm³/mol. The van der Waals surface area contributed by atoms with Gasteiger partial charge in [0.05, 0.1) is 12.1 Å². The molecular weight excluding hydrogens is 232 g/mol. The molecule has 3 rings (SSSR count). The van der Waals surface area contributed by atoms with E-state index in [0.29, 0.717) is 12.3 Å². The summed E-state index contributed by atoms with van der Waals surface area (Å²) in [6, 6.07) is 5.66. The van der Waals surface area contributed by atoms with Crippen molar-refractivity contribution in [2.75, 3.05) is 27.4 Å². The van der Waals surface area contributed by atoms with Gasteiger partial charge in [-0.15, -0.1) is 0 Å². The molecule has 0 spiro atoms. The highest BCUT2D eigenvalue weighted by Crippen LogP contribution is 2.36. The molecule has 94 valence electrons. The van der Waals surface area contributed by atoms with Crippen molar-refractivity contribution in [2.24, 2.45) is 0 Å². The highest BCUT2D eigenvalue weighted by molar-refractivity contribution is 5.95. The van der Waals surface area contributed by atoms with Crippen LogP contribution in [-0.2, 0) is 0 Å². The lowest BCUT2D eigenvalue weighted by atomic mass is 10.2. The van der Waals surface area contributed by atoms with E-state index in [1.54, 1.807) is 10.8 Å². The number of ether oxygens (including phenoxy) is 2. The zero-order valence-corrected chi connectivity index (χ0v) is 10.3.